The van der Waals surface area contributed by atoms with Crippen LogP contribution in [0.1, 0.15) is 63.1 Å². The van der Waals surface area contributed by atoms with Crippen LogP contribution in [0.5, 0.6) is 0 Å². The normalized spacial score (nSPS) is 12.1. The highest BCUT2D eigenvalue weighted by atomic mass is 16.6. The van der Waals surface area contributed by atoms with E-state index in [1.807, 2.05) is 66.7 Å². The summed E-state index contributed by atoms with van der Waals surface area (Å²) in [5.41, 5.74) is 6.42. The molecule has 3 aromatic carbocycles. The fraction of sp³-hybridized carbons (Fsp3) is 0.361. The fourth-order valence-corrected chi connectivity index (χ4v) is 4.21. The Hall–Kier alpha value is -5.23. The van der Waals surface area contributed by atoms with Crippen molar-refractivity contribution in [2.24, 2.45) is 0 Å². The van der Waals surface area contributed by atoms with Gasteiger partial charge in [0.2, 0.25) is 5.91 Å². The zero-order chi connectivity index (χ0) is 34.8. The fourth-order valence-electron chi connectivity index (χ4n) is 4.21. The van der Waals surface area contributed by atoms with Crippen LogP contribution in [-0.4, -0.2) is 47.6 Å². The van der Waals surface area contributed by atoms with Crippen molar-refractivity contribution in [3.8, 4) is 0 Å². The van der Waals surface area contributed by atoms with E-state index in [2.05, 4.69) is 16.2 Å². The molecule has 3 N–H and O–H groups in total. The van der Waals surface area contributed by atoms with E-state index in [9.17, 15) is 24.0 Å². The minimum Gasteiger partial charge on any atom is -0.461 e. The number of benzene rings is 3. The predicted molar refractivity (Wildman–Crippen MR) is 175 cm³/mol. The maximum atomic E-state index is 13.5. The van der Waals surface area contributed by atoms with Crippen LogP contribution in [0.15, 0.2) is 91.0 Å². The van der Waals surface area contributed by atoms with Gasteiger partial charge in [0, 0.05) is 12.8 Å². The van der Waals surface area contributed by atoms with E-state index in [1.165, 1.54) is 0 Å². The van der Waals surface area contributed by atoms with Gasteiger partial charge in [-0.2, -0.15) is 0 Å². The lowest BCUT2D eigenvalue weighted by Crippen LogP contribution is -2.55. The van der Waals surface area contributed by atoms with Crippen molar-refractivity contribution in [2.75, 3.05) is 0 Å². The van der Waals surface area contributed by atoms with E-state index >= 15 is 0 Å². The van der Waals surface area contributed by atoms with Gasteiger partial charge in [-0.1, -0.05) is 91.0 Å². The molecule has 256 valence electrons. The van der Waals surface area contributed by atoms with Crippen molar-refractivity contribution >= 4 is 29.9 Å². The van der Waals surface area contributed by atoms with E-state index in [1.54, 1.807) is 45.0 Å². The Bertz CT molecular complexity index is 1460. The highest BCUT2D eigenvalue weighted by Crippen LogP contribution is 2.11. The molecule has 2 amide bonds. The van der Waals surface area contributed by atoms with E-state index in [-0.39, 0.29) is 45.5 Å². The number of ether oxygens (including phenoxy) is 4. The SMILES string of the molecule is CC(C)(C)OC(=O)NNC(CCC(=O)OCc1ccccc1)C(=O)NC(CCC(=O)OCc1ccccc1)C(=O)OCc1ccccc1. The molecule has 3 rings (SSSR count). The Morgan fingerprint density at radius 2 is 1.02 bits per heavy atom. The van der Waals surface area contributed by atoms with E-state index in [0.29, 0.717) is 0 Å². The molecular weight excluding hydrogens is 618 g/mol. The molecule has 0 bridgehead atoms. The summed E-state index contributed by atoms with van der Waals surface area (Å²) >= 11 is 0. The first-order valence-corrected chi connectivity index (χ1v) is 15.6. The Morgan fingerprint density at radius 1 is 0.604 bits per heavy atom. The number of esters is 3. The number of hydrogen-bond acceptors (Lipinski definition) is 10. The van der Waals surface area contributed by atoms with Crippen molar-refractivity contribution in [1.82, 2.24) is 16.2 Å². The third-order valence-corrected chi connectivity index (χ3v) is 6.65. The summed E-state index contributed by atoms with van der Waals surface area (Å²) in [7, 11) is 0. The second kappa shape index (κ2) is 19.4. The van der Waals surface area contributed by atoms with Crippen molar-refractivity contribution < 1.29 is 42.9 Å². The lowest BCUT2D eigenvalue weighted by atomic mass is 10.1. The molecule has 48 heavy (non-hydrogen) atoms. The van der Waals surface area contributed by atoms with E-state index in [0.717, 1.165) is 16.7 Å². The summed E-state index contributed by atoms with van der Waals surface area (Å²) < 4.78 is 21.4. The van der Waals surface area contributed by atoms with Gasteiger partial charge in [-0.15, -0.1) is 0 Å². The molecule has 0 saturated carbocycles. The molecular formula is C36H43N3O9. The molecule has 12 nitrogen and oxygen atoms in total. The van der Waals surface area contributed by atoms with E-state index in [4.69, 9.17) is 18.9 Å². The van der Waals surface area contributed by atoms with Gasteiger partial charge < -0.3 is 24.3 Å². The van der Waals surface area contributed by atoms with E-state index < -0.39 is 47.6 Å². The second-order valence-corrected chi connectivity index (χ2v) is 11.8. The van der Waals surface area contributed by atoms with Gasteiger partial charge in [-0.05, 0) is 50.3 Å². The first kappa shape index (κ1) is 37.2. The first-order chi connectivity index (χ1) is 23.0. The largest absolute Gasteiger partial charge is 0.461 e. The van der Waals surface area contributed by atoms with Crippen molar-refractivity contribution in [3.63, 3.8) is 0 Å². The molecule has 0 aromatic heterocycles. The molecule has 0 aliphatic heterocycles. The summed E-state index contributed by atoms with van der Waals surface area (Å²) in [5, 5.41) is 2.61. The molecule has 0 radical (unpaired) electrons. The highest BCUT2D eigenvalue weighted by Gasteiger charge is 2.29. The topological polar surface area (TPSA) is 158 Å². The summed E-state index contributed by atoms with van der Waals surface area (Å²) in [6.07, 6.45) is -1.48. The van der Waals surface area contributed by atoms with Crippen molar-refractivity contribution in [1.29, 1.82) is 0 Å². The molecule has 3 aromatic rings. The van der Waals surface area contributed by atoms with Gasteiger partial charge >= 0.3 is 24.0 Å². The van der Waals surface area contributed by atoms with Gasteiger partial charge in [-0.25, -0.2) is 15.0 Å². The summed E-state index contributed by atoms with van der Waals surface area (Å²) in [6, 6.07) is 24.7. The first-order valence-electron chi connectivity index (χ1n) is 15.6. The average molecular weight is 662 g/mol. The highest BCUT2D eigenvalue weighted by molar-refractivity contribution is 5.88. The number of carbonyl (C=O) groups excluding carboxylic acids is 5. The Balaban J connectivity index is 1.67. The molecule has 2 atom stereocenters. The molecule has 0 aliphatic rings. The molecule has 12 heteroatoms. The minimum absolute atomic E-state index is 0.0514. The number of nitrogens with one attached hydrogen (secondary N) is 3. The monoisotopic (exact) mass is 661 g/mol. The molecule has 0 spiro atoms. The lowest BCUT2D eigenvalue weighted by molar-refractivity contribution is -0.151. The van der Waals surface area contributed by atoms with Gasteiger partial charge in [0.1, 0.15) is 37.5 Å². The van der Waals surface area contributed by atoms with Crippen LogP contribution in [0.4, 0.5) is 4.79 Å². The van der Waals surface area contributed by atoms with Crippen LogP contribution in [0.3, 0.4) is 0 Å². The van der Waals surface area contributed by atoms with Crippen LogP contribution >= 0.6 is 0 Å². The number of hydrogen-bond donors (Lipinski definition) is 3. The van der Waals surface area contributed by atoms with Gasteiger partial charge in [0.25, 0.3) is 0 Å². The summed E-state index contributed by atoms with van der Waals surface area (Å²) in [6.45, 7) is 5.08. The number of rotatable bonds is 17. The van der Waals surface area contributed by atoms with Crippen LogP contribution in [0.25, 0.3) is 0 Å². The second-order valence-electron chi connectivity index (χ2n) is 11.8. The van der Waals surface area contributed by atoms with Gasteiger partial charge in [-0.3, -0.25) is 19.8 Å². The van der Waals surface area contributed by atoms with Gasteiger partial charge in [0.15, 0.2) is 0 Å². The van der Waals surface area contributed by atoms with Crippen LogP contribution < -0.4 is 16.2 Å². The quantitative estimate of drug-likeness (QED) is 0.106. The van der Waals surface area contributed by atoms with Crippen LogP contribution in [0.2, 0.25) is 0 Å². The maximum absolute atomic E-state index is 13.5. The smallest absolute Gasteiger partial charge is 0.422 e. The number of amides is 2. The molecule has 0 heterocycles. The standard InChI is InChI=1S/C36H43N3O9/c1-36(2,3)48-35(44)39-38-29(19-21-31(40)45-23-26-13-7-4-8-14-26)33(42)37-30(34(43)47-25-28-17-11-6-12-18-28)20-22-32(41)46-24-27-15-9-5-10-16-27/h4-18,29-30,38H,19-25H2,1-3H3,(H,37,42)(H,39,44). The summed E-state index contributed by atoms with van der Waals surface area (Å²) in [4.78, 5) is 64.2. The van der Waals surface area contributed by atoms with Crippen LogP contribution in [0, 0.1) is 0 Å². The number of hydrazine groups is 1. The van der Waals surface area contributed by atoms with Crippen LogP contribution in [-0.2, 0) is 57.9 Å². The molecule has 0 fully saturated rings. The average Bonchev–Trinajstić information content (AvgIpc) is 3.07. The minimum atomic E-state index is -1.25. The molecule has 0 saturated heterocycles. The Kier molecular flexibility index (Phi) is 15.1. The maximum Gasteiger partial charge on any atom is 0.422 e. The predicted octanol–water partition coefficient (Wildman–Crippen LogP) is 4.66. The third-order valence-electron chi connectivity index (χ3n) is 6.65. The van der Waals surface area contributed by atoms with Crippen molar-refractivity contribution in [3.05, 3.63) is 108 Å². The number of carbonyl (C=O) groups is 5. The molecule has 0 aliphatic carbocycles. The van der Waals surface area contributed by atoms with Crippen molar-refractivity contribution in [2.45, 2.75) is 84.0 Å². The zero-order valence-electron chi connectivity index (χ0n) is 27.4. The Morgan fingerprint density at radius 3 is 1.46 bits per heavy atom. The molecule has 2 unspecified atom stereocenters. The zero-order valence-corrected chi connectivity index (χ0v) is 27.4. The van der Waals surface area contributed by atoms with Gasteiger partial charge in [0.05, 0.1) is 0 Å². The lowest BCUT2D eigenvalue weighted by Gasteiger charge is -2.24. The summed E-state index contributed by atoms with van der Waals surface area (Å²) in [5.74, 6) is -2.66. The Labute approximate surface area is 280 Å². The third kappa shape index (κ3) is 14.9.